The van der Waals surface area contributed by atoms with Crippen LogP contribution >= 0.6 is 0 Å². The van der Waals surface area contributed by atoms with Gasteiger partial charge in [-0.15, -0.1) is 0 Å². The Hall–Kier alpha value is -1.75. The van der Waals surface area contributed by atoms with Gasteiger partial charge in [-0.05, 0) is 30.7 Å². The molecule has 0 aliphatic heterocycles. The van der Waals surface area contributed by atoms with Gasteiger partial charge in [0.1, 0.15) is 5.75 Å². The zero-order valence-corrected chi connectivity index (χ0v) is 10.0. The number of hydrogen-bond acceptors (Lipinski definition) is 4. The summed E-state index contributed by atoms with van der Waals surface area (Å²) in [5, 5.41) is 20.9. The number of hydrogen-bond donors (Lipinski definition) is 3. The lowest BCUT2D eigenvalue weighted by Crippen LogP contribution is -2.34. The summed E-state index contributed by atoms with van der Waals surface area (Å²) in [6.45, 7) is 4.01. The molecule has 17 heavy (non-hydrogen) atoms. The normalized spacial score (nSPS) is 12.0. The molecule has 1 aromatic carbocycles. The topological polar surface area (TPSA) is 82.1 Å². The molecule has 4 N–H and O–H groups in total. The first-order valence-corrected chi connectivity index (χ1v) is 5.62. The number of rotatable bonds is 6. The second kappa shape index (κ2) is 6.75. The first kappa shape index (κ1) is 13.3. The molecule has 0 amide bonds. The fourth-order valence-corrected chi connectivity index (χ4v) is 1.70. The van der Waals surface area contributed by atoms with Crippen LogP contribution in [0.2, 0.25) is 0 Å². The van der Waals surface area contributed by atoms with Gasteiger partial charge < -0.3 is 16.0 Å². The number of amidine groups is 1. The van der Waals surface area contributed by atoms with Gasteiger partial charge in [-0.3, -0.25) is 4.90 Å². The van der Waals surface area contributed by atoms with Crippen molar-refractivity contribution in [2.45, 2.75) is 19.9 Å². The van der Waals surface area contributed by atoms with Crippen molar-refractivity contribution in [1.29, 1.82) is 0 Å². The van der Waals surface area contributed by atoms with Gasteiger partial charge in [0.25, 0.3) is 0 Å². The third-order valence-corrected chi connectivity index (χ3v) is 2.37. The van der Waals surface area contributed by atoms with Crippen LogP contribution in [0.15, 0.2) is 29.4 Å². The smallest absolute Gasteiger partial charge is 0.153 e. The van der Waals surface area contributed by atoms with E-state index in [-0.39, 0.29) is 11.6 Å². The number of oxime groups is 1. The second-order valence-corrected chi connectivity index (χ2v) is 3.97. The van der Waals surface area contributed by atoms with Crippen molar-refractivity contribution in [3.8, 4) is 5.75 Å². The molecule has 0 atom stereocenters. The summed E-state index contributed by atoms with van der Waals surface area (Å²) >= 11 is 0. The minimum atomic E-state index is 0.193. The number of nitrogens with zero attached hydrogens (tertiary/aromatic N) is 2. The predicted octanol–water partition coefficient (Wildman–Crippen LogP) is 1.35. The standard InChI is InChI=1S/C12H19N3O2/c1-2-6-15(9-12(13)14-17)8-10-4-3-5-11(16)7-10/h3-5,7,16-17H,2,6,8-9H2,1H3,(H2,13,14). The van der Waals surface area contributed by atoms with Gasteiger partial charge in [-0.1, -0.05) is 24.2 Å². The lowest BCUT2D eigenvalue weighted by molar-refractivity contribution is 0.285. The SMILES string of the molecule is CCCN(CC(N)=NO)Cc1cccc(O)c1. The number of nitrogens with two attached hydrogens (primary N) is 1. The van der Waals surface area contributed by atoms with Crippen molar-refractivity contribution in [1.82, 2.24) is 4.90 Å². The van der Waals surface area contributed by atoms with Crippen LogP contribution in [0.1, 0.15) is 18.9 Å². The van der Waals surface area contributed by atoms with Crippen molar-refractivity contribution in [2.75, 3.05) is 13.1 Å². The first-order chi connectivity index (χ1) is 8.15. The van der Waals surface area contributed by atoms with Crippen LogP contribution in [0.3, 0.4) is 0 Å². The number of phenols is 1. The molecule has 5 nitrogen and oxygen atoms in total. The Kier molecular flexibility index (Phi) is 5.29. The molecule has 0 aromatic heterocycles. The highest BCUT2D eigenvalue weighted by molar-refractivity contribution is 5.81. The van der Waals surface area contributed by atoms with Crippen LogP contribution in [0.25, 0.3) is 0 Å². The Bertz CT molecular complexity index is 380. The van der Waals surface area contributed by atoms with E-state index in [1.54, 1.807) is 18.2 Å². The minimum Gasteiger partial charge on any atom is -0.508 e. The van der Waals surface area contributed by atoms with Gasteiger partial charge in [-0.2, -0.15) is 0 Å². The zero-order chi connectivity index (χ0) is 12.7. The fourth-order valence-electron chi connectivity index (χ4n) is 1.70. The quantitative estimate of drug-likeness (QED) is 0.302. The Balaban J connectivity index is 2.66. The fraction of sp³-hybridized carbons (Fsp3) is 0.417. The van der Waals surface area contributed by atoms with Crippen LogP contribution < -0.4 is 5.73 Å². The molecule has 0 saturated carbocycles. The van der Waals surface area contributed by atoms with E-state index in [2.05, 4.69) is 17.0 Å². The molecule has 0 bridgehead atoms. The molecule has 1 rings (SSSR count). The maximum absolute atomic E-state index is 9.38. The molecule has 0 unspecified atom stereocenters. The van der Waals surface area contributed by atoms with E-state index < -0.39 is 0 Å². The molecule has 0 aliphatic rings. The number of benzene rings is 1. The van der Waals surface area contributed by atoms with Crippen molar-refractivity contribution < 1.29 is 10.3 Å². The highest BCUT2D eigenvalue weighted by atomic mass is 16.4. The molecular weight excluding hydrogens is 218 g/mol. The zero-order valence-electron chi connectivity index (χ0n) is 10.0. The molecule has 94 valence electrons. The van der Waals surface area contributed by atoms with Crippen LogP contribution in [-0.2, 0) is 6.54 Å². The predicted molar refractivity (Wildman–Crippen MR) is 67.1 cm³/mol. The highest BCUT2D eigenvalue weighted by Crippen LogP contribution is 2.13. The van der Waals surface area contributed by atoms with Crippen LogP contribution in [0.4, 0.5) is 0 Å². The van der Waals surface area contributed by atoms with Crippen molar-refractivity contribution >= 4 is 5.84 Å². The summed E-state index contributed by atoms with van der Waals surface area (Å²) in [6, 6.07) is 7.10. The van der Waals surface area contributed by atoms with Gasteiger partial charge >= 0.3 is 0 Å². The number of aromatic hydroxyl groups is 1. The average Bonchev–Trinajstić information content (AvgIpc) is 2.29. The van der Waals surface area contributed by atoms with Crippen LogP contribution in [0, 0.1) is 0 Å². The maximum Gasteiger partial charge on any atom is 0.153 e. The maximum atomic E-state index is 9.38. The van der Waals surface area contributed by atoms with E-state index in [9.17, 15) is 5.11 Å². The van der Waals surface area contributed by atoms with Gasteiger partial charge in [0.15, 0.2) is 5.84 Å². The third-order valence-electron chi connectivity index (χ3n) is 2.37. The Morgan fingerprint density at radius 3 is 2.82 bits per heavy atom. The lowest BCUT2D eigenvalue weighted by atomic mass is 10.2. The molecule has 1 aromatic rings. The molecule has 0 aliphatic carbocycles. The van der Waals surface area contributed by atoms with Crippen LogP contribution in [0.5, 0.6) is 5.75 Å². The summed E-state index contributed by atoms with van der Waals surface area (Å²) in [5.41, 5.74) is 6.50. The molecular formula is C12H19N3O2. The van der Waals surface area contributed by atoms with Gasteiger partial charge in [0, 0.05) is 6.54 Å². The molecule has 0 spiro atoms. The molecule has 0 heterocycles. The number of phenolic OH excluding ortho intramolecular Hbond substituents is 1. The van der Waals surface area contributed by atoms with E-state index >= 15 is 0 Å². The second-order valence-electron chi connectivity index (χ2n) is 3.97. The van der Waals surface area contributed by atoms with Gasteiger partial charge in [0.2, 0.25) is 0 Å². The van der Waals surface area contributed by atoms with E-state index in [4.69, 9.17) is 10.9 Å². The molecule has 0 saturated heterocycles. The Morgan fingerprint density at radius 1 is 1.47 bits per heavy atom. The van der Waals surface area contributed by atoms with Crippen molar-refractivity contribution in [3.05, 3.63) is 29.8 Å². The summed E-state index contributed by atoms with van der Waals surface area (Å²) in [7, 11) is 0. The highest BCUT2D eigenvalue weighted by Gasteiger charge is 2.07. The van der Waals surface area contributed by atoms with E-state index in [1.165, 1.54) is 0 Å². The summed E-state index contributed by atoms with van der Waals surface area (Å²) in [5.74, 6) is 0.446. The Morgan fingerprint density at radius 2 is 2.24 bits per heavy atom. The third kappa shape index (κ3) is 4.74. The molecule has 5 heteroatoms. The summed E-state index contributed by atoms with van der Waals surface area (Å²) < 4.78 is 0. The lowest BCUT2D eigenvalue weighted by Gasteiger charge is -2.20. The van der Waals surface area contributed by atoms with E-state index in [0.29, 0.717) is 13.1 Å². The van der Waals surface area contributed by atoms with Gasteiger partial charge in [-0.25, -0.2) is 0 Å². The van der Waals surface area contributed by atoms with Crippen molar-refractivity contribution in [2.24, 2.45) is 10.9 Å². The summed E-state index contributed by atoms with van der Waals surface area (Å²) in [6.07, 6.45) is 0.984. The van der Waals surface area contributed by atoms with Gasteiger partial charge in [0.05, 0.1) is 6.54 Å². The molecule has 0 radical (unpaired) electrons. The monoisotopic (exact) mass is 237 g/mol. The van der Waals surface area contributed by atoms with E-state index in [1.807, 2.05) is 6.07 Å². The van der Waals surface area contributed by atoms with E-state index in [0.717, 1.165) is 18.5 Å². The minimum absolute atomic E-state index is 0.193. The largest absolute Gasteiger partial charge is 0.508 e. The summed E-state index contributed by atoms with van der Waals surface area (Å²) in [4.78, 5) is 2.06. The molecule has 0 fully saturated rings. The van der Waals surface area contributed by atoms with Crippen LogP contribution in [-0.4, -0.2) is 34.1 Å². The van der Waals surface area contributed by atoms with Crippen molar-refractivity contribution in [3.63, 3.8) is 0 Å². The Labute approximate surface area is 101 Å². The first-order valence-electron chi connectivity index (χ1n) is 5.62. The average molecular weight is 237 g/mol.